The molecule has 0 fully saturated rings. The van der Waals surface area contributed by atoms with Crippen LogP contribution < -0.4 is 10.6 Å². The summed E-state index contributed by atoms with van der Waals surface area (Å²) in [6.45, 7) is 9.10. The van der Waals surface area contributed by atoms with Crippen LogP contribution in [-0.2, 0) is 9.53 Å². The molecule has 0 bridgehead atoms. The molecule has 0 atom stereocenters. The molecule has 0 heterocycles. The third-order valence-corrected chi connectivity index (χ3v) is 3.43. The molecular formula is C19H28N4O3. The molecule has 0 aliphatic rings. The van der Waals surface area contributed by atoms with Crippen LogP contribution in [0.4, 0.5) is 10.5 Å². The molecule has 2 amide bonds. The maximum absolute atomic E-state index is 12.0. The van der Waals surface area contributed by atoms with Crippen LogP contribution in [0.1, 0.15) is 39.7 Å². The van der Waals surface area contributed by atoms with Gasteiger partial charge in [-0.25, -0.2) is 4.79 Å². The highest BCUT2D eigenvalue weighted by atomic mass is 16.6. The van der Waals surface area contributed by atoms with Gasteiger partial charge in [0.1, 0.15) is 5.60 Å². The number of amides is 2. The van der Waals surface area contributed by atoms with Gasteiger partial charge in [0.15, 0.2) is 0 Å². The number of hydrogen-bond donors (Lipinski definition) is 2. The number of rotatable bonds is 8. The number of ether oxygens (including phenoxy) is 1. The number of nitriles is 1. The van der Waals surface area contributed by atoms with Crippen molar-refractivity contribution in [2.24, 2.45) is 0 Å². The van der Waals surface area contributed by atoms with E-state index in [9.17, 15) is 9.59 Å². The van der Waals surface area contributed by atoms with Gasteiger partial charge in [-0.05, 0) is 58.4 Å². The van der Waals surface area contributed by atoms with E-state index < -0.39 is 5.60 Å². The third-order valence-electron chi connectivity index (χ3n) is 3.43. The van der Waals surface area contributed by atoms with Crippen molar-refractivity contribution in [1.29, 1.82) is 5.26 Å². The van der Waals surface area contributed by atoms with Crippen molar-refractivity contribution in [2.75, 3.05) is 31.5 Å². The van der Waals surface area contributed by atoms with Crippen molar-refractivity contribution < 1.29 is 14.3 Å². The van der Waals surface area contributed by atoms with Crippen molar-refractivity contribution in [3.05, 3.63) is 29.8 Å². The fourth-order valence-electron chi connectivity index (χ4n) is 2.11. The van der Waals surface area contributed by atoms with Crippen molar-refractivity contribution in [1.82, 2.24) is 10.2 Å². The number of nitrogens with zero attached hydrogens (tertiary/aromatic N) is 2. The predicted octanol–water partition coefficient (Wildman–Crippen LogP) is 2.73. The lowest BCUT2D eigenvalue weighted by atomic mass is 10.2. The Morgan fingerprint density at radius 1 is 1.23 bits per heavy atom. The Hall–Kier alpha value is -2.75. The molecule has 142 valence electrons. The van der Waals surface area contributed by atoms with Crippen LogP contribution in [0.15, 0.2) is 24.3 Å². The van der Waals surface area contributed by atoms with Crippen LogP contribution in [0.3, 0.4) is 0 Å². The second-order valence-corrected chi connectivity index (χ2v) is 6.81. The van der Waals surface area contributed by atoms with Crippen LogP contribution in [-0.4, -0.2) is 48.7 Å². The molecule has 1 aromatic carbocycles. The fourth-order valence-corrected chi connectivity index (χ4v) is 2.11. The number of carbonyl (C=O) groups is 2. The molecule has 0 aromatic heterocycles. The van der Waals surface area contributed by atoms with Gasteiger partial charge in [0.25, 0.3) is 0 Å². The van der Waals surface area contributed by atoms with E-state index in [-0.39, 0.29) is 18.5 Å². The molecular weight excluding hydrogens is 332 g/mol. The molecule has 0 aliphatic carbocycles. The Labute approximate surface area is 155 Å². The van der Waals surface area contributed by atoms with Crippen LogP contribution in [0.25, 0.3) is 0 Å². The normalized spacial score (nSPS) is 10.6. The number of anilines is 1. The first-order chi connectivity index (χ1) is 12.2. The lowest BCUT2D eigenvalue weighted by Gasteiger charge is -2.26. The second-order valence-electron chi connectivity index (χ2n) is 6.81. The van der Waals surface area contributed by atoms with Gasteiger partial charge in [-0.3, -0.25) is 4.79 Å². The SMILES string of the molecule is CCN(CCCNC(=O)CNc1ccc(C#N)cc1)C(=O)OC(C)(C)C. The summed E-state index contributed by atoms with van der Waals surface area (Å²) in [5.74, 6) is -0.130. The number of nitrogens with one attached hydrogen (secondary N) is 2. The van der Waals surface area contributed by atoms with E-state index in [1.54, 1.807) is 29.2 Å². The summed E-state index contributed by atoms with van der Waals surface area (Å²) in [5.41, 5.74) is 0.835. The van der Waals surface area contributed by atoms with Crippen molar-refractivity contribution in [3.8, 4) is 6.07 Å². The van der Waals surface area contributed by atoms with Crippen LogP contribution in [0.5, 0.6) is 0 Å². The minimum atomic E-state index is -0.518. The second kappa shape index (κ2) is 10.3. The summed E-state index contributed by atoms with van der Waals surface area (Å²) in [7, 11) is 0. The molecule has 0 unspecified atom stereocenters. The first kappa shape index (κ1) is 21.3. The van der Waals surface area contributed by atoms with Gasteiger partial charge in [0.2, 0.25) is 5.91 Å². The summed E-state index contributed by atoms with van der Waals surface area (Å²) in [5, 5.41) is 14.6. The van der Waals surface area contributed by atoms with Gasteiger partial charge in [0.05, 0.1) is 18.2 Å². The average Bonchev–Trinajstić information content (AvgIpc) is 2.58. The highest BCUT2D eigenvalue weighted by Gasteiger charge is 2.20. The third kappa shape index (κ3) is 8.38. The highest BCUT2D eigenvalue weighted by Crippen LogP contribution is 2.10. The number of carbonyl (C=O) groups excluding carboxylic acids is 2. The molecule has 7 nitrogen and oxygen atoms in total. The van der Waals surface area contributed by atoms with E-state index in [0.717, 1.165) is 5.69 Å². The van der Waals surface area contributed by atoms with Crippen LogP contribution >= 0.6 is 0 Å². The first-order valence-electron chi connectivity index (χ1n) is 8.74. The monoisotopic (exact) mass is 360 g/mol. The van der Waals surface area contributed by atoms with Gasteiger partial charge in [-0.1, -0.05) is 0 Å². The van der Waals surface area contributed by atoms with Crippen LogP contribution in [0, 0.1) is 11.3 Å². The lowest BCUT2D eigenvalue weighted by molar-refractivity contribution is -0.119. The fraction of sp³-hybridized carbons (Fsp3) is 0.526. The summed E-state index contributed by atoms with van der Waals surface area (Å²) < 4.78 is 5.34. The standard InChI is InChI=1S/C19H28N4O3/c1-5-23(18(25)26-19(2,3)4)12-6-11-21-17(24)14-22-16-9-7-15(13-20)8-10-16/h7-10,22H,5-6,11-12,14H2,1-4H3,(H,21,24). The van der Waals surface area contributed by atoms with E-state index in [1.165, 1.54) is 0 Å². The Balaban J connectivity index is 2.26. The van der Waals surface area contributed by atoms with Crippen molar-refractivity contribution >= 4 is 17.7 Å². The summed E-state index contributed by atoms with van der Waals surface area (Å²) in [6, 6.07) is 8.94. The van der Waals surface area contributed by atoms with Gasteiger partial charge >= 0.3 is 6.09 Å². The van der Waals surface area contributed by atoms with Gasteiger partial charge < -0.3 is 20.3 Å². The molecule has 0 saturated heterocycles. The van der Waals surface area contributed by atoms with Gasteiger partial charge in [-0.15, -0.1) is 0 Å². The summed E-state index contributed by atoms with van der Waals surface area (Å²) in [6.07, 6.45) is 0.309. The minimum absolute atomic E-state index is 0.130. The predicted molar refractivity (Wildman–Crippen MR) is 101 cm³/mol. The minimum Gasteiger partial charge on any atom is -0.444 e. The Morgan fingerprint density at radius 3 is 2.42 bits per heavy atom. The highest BCUT2D eigenvalue weighted by molar-refractivity contribution is 5.80. The Morgan fingerprint density at radius 2 is 1.88 bits per heavy atom. The molecule has 1 rings (SSSR count). The quantitative estimate of drug-likeness (QED) is 0.695. The molecule has 0 radical (unpaired) electrons. The van der Waals surface area contributed by atoms with Crippen molar-refractivity contribution in [2.45, 2.75) is 39.7 Å². The molecule has 7 heteroatoms. The number of hydrogen-bond acceptors (Lipinski definition) is 5. The topological polar surface area (TPSA) is 94.5 Å². The zero-order chi connectivity index (χ0) is 19.6. The molecule has 0 aliphatic heterocycles. The summed E-state index contributed by atoms with van der Waals surface area (Å²) in [4.78, 5) is 25.5. The zero-order valence-electron chi connectivity index (χ0n) is 16.0. The van der Waals surface area contributed by atoms with Crippen molar-refractivity contribution in [3.63, 3.8) is 0 Å². The maximum atomic E-state index is 12.0. The van der Waals surface area contributed by atoms with Gasteiger partial charge in [0, 0.05) is 25.3 Å². The molecule has 0 saturated carbocycles. The number of benzene rings is 1. The van der Waals surface area contributed by atoms with E-state index in [0.29, 0.717) is 31.6 Å². The van der Waals surface area contributed by atoms with E-state index in [1.807, 2.05) is 33.8 Å². The van der Waals surface area contributed by atoms with E-state index in [2.05, 4.69) is 10.6 Å². The smallest absolute Gasteiger partial charge is 0.410 e. The molecule has 1 aromatic rings. The summed E-state index contributed by atoms with van der Waals surface area (Å²) >= 11 is 0. The Kier molecular flexibility index (Phi) is 8.43. The first-order valence-corrected chi connectivity index (χ1v) is 8.74. The largest absolute Gasteiger partial charge is 0.444 e. The zero-order valence-corrected chi connectivity index (χ0v) is 16.0. The van der Waals surface area contributed by atoms with Crippen LogP contribution in [0.2, 0.25) is 0 Å². The maximum Gasteiger partial charge on any atom is 0.410 e. The lowest BCUT2D eigenvalue weighted by Crippen LogP contribution is -2.38. The molecule has 0 spiro atoms. The van der Waals surface area contributed by atoms with E-state index >= 15 is 0 Å². The van der Waals surface area contributed by atoms with E-state index in [4.69, 9.17) is 10.00 Å². The average molecular weight is 360 g/mol. The molecule has 2 N–H and O–H groups in total. The molecule has 26 heavy (non-hydrogen) atoms. The van der Waals surface area contributed by atoms with Gasteiger partial charge in [-0.2, -0.15) is 5.26 Å². The Bertz CT molecular complexity index is 630.